The summed E-state index contributed by atoms with van der Waals surface area (Å²) >= 11 is 0. The predicted molar refractivity (Wildman–Crippen MR) is 93.9 cm³/mol. The Hall–Kier alpha value is -1.34. The van der Waals surface area contributed by atoms with Crippen molar-refractivity contribution in [2.45, 2.75) is 45.6 Å². The molecule has 0 N–H and O–H groups in total. The second-order valence-electron chi connectivity index (χ2n) is 7.58. The van der Waals surface area contributed by atoms with Crippen molar-refractivity contribution in [3.8, 4) is 0 Å². The first kappa shape index (κ1) is 14.6. The normalized spacial score (nSPS) is 23.7. The molecule has 1 nitrogen and oxygen atoms in total. The molecule has 1 heterocycles. The van der Waals surface area contributed by atoms with E-state index in [-0.39, 0.29) is 0 Å². The summed E-state index contributed by atoms with van der Waals surface area (Å²) in [6.07, 6.45) is 2.62. The van der Waals surface area contributed by atoms with Gasteiger partial charge in [-0.05, 0) is 36.1 Å². The van der Waals surface area contributed by atoms with Crippen LogP contribution in [0.15, 0.2) is 36.4 Å². The average Bonchev–Trinajstić information content (AvgIpc) is 2.65. The van der Waals surface area contributed by atoms with E-state index in [0.29, 0.717) is 12.0 Å². The van der Waals surface area contributed by atoms with E-state index in [9.17, 15) is 0 Å². The monoisotopic (exact) mass is 282 g/mol. The number of fused-ring (bicyclic) bond motifs is 3. The minimum atomic E-state index is 0.657. The number of likely N-dealkylation sites (N-methyl/N-ethyl adjacent to an activating group) is 1. The number of hydrogen-bond donors (Lipinski definition) is 0. The van der Waals surface area contributed by atoms with E-state index in [1.807, 2.05) is 0 Å². The molecule has 2 unspecified atom stereocenters. The minimum absolute atomic E-state index is 0.657. The average molecular weight is 282 g/mol. The molecule has 2 aromatic carbocycles. The third-order valence-corrected chi connectivity index (χ3v) is 5.59. The molecule has 1 heteroatoms. The van der Waals surface area contributed by atoms with Crippen molar-refractivity contribution in [1.82, 2.24) is 4.48 Å². The third-order valence-electron chi connectivity index (χ3n) is 5.59. The van der Waals surface area contributed by atoms with Crippen LogP contribution in [0, 0.1) is 5.92 Å². The summed E-state index contributed by atoms with van der Waals surface area (Å²) in [5.41, 5.74) is 3.14. The van der Waals surface area contributed by atoms with Gasteiger partial charge in [-0.1, -0.05) is 44.5 Å². The van der Waals surface area contributed by atoms with Gasteiger partial charge in [0.2, 0.25) is 0 Å². The summed E-state index contributed by atoms with van der Waals surface area (Å²) < 4.78 is 1.02. The topological polar surface area (TPSA) is 0 Å². The fourth-order valence-electron chi connectivity index (χ4n) is 3.99. The first-order valence-corrected chi connectivity index (χ1v) is 8.28. The van der Waals surface area contributed by atoms with Gasteiger partial charge in [-0.3, -0.25) is 4.48 Å². The Morgan fingerprint density at radius 1 is 1.05 bits per heavy atom. The molecule has 2 atom stereocenters. The summed E-state index contributed by atoms with van der Waals surface area (Å²) in [4.78, 5) is 0. The van der Waals surface area contributed by atoms with Gasteiger partial charge in [0.1, 0.15) is 5.69 Å². The van der Waals surface area contributed by atoms with Crippen LogP contribution in [0.4, 0.5) is 5.69 Å². The van der Waals surface area contributed by atoms with Gasteiger partial charge in [-0.25, -0.2) is 0 Å². The molecule has 21 heavy (non-hydrogen) atoms. The van der Waals surface area contributed by atoms with Crippen molar-refractivity contribution in [3.63, 3.8) is 0 Å². The molecule has 0 saturated heterocycles. The number of rotatable bonds is 3. The SMILES string of the molecule is CC(C)CCC1c2c(ccc3ccccc23)[N+](C)(C)C1C. The van der Waals surface area contributed by atoms with Crippen LogP contribution in [0.2, 0.25) is 0 Å². The molecule has 0 spiro atoms. The highest BCUT2D eigenvalue weighted by atomic mass is 15.4. The summed E-state index contributed by atoms with van der Waals surface area (Å²) in [7, 11) is 4.74. The molecule has 0 fully saturated rings. The van der Waals surface area contributed by atoms with Crippen molar-refractivity contribution >= 4 is 16.5 Å². The van der Waals surface area contributed by atoms with E-state index >= 15 is 0 Å². The van der Waals surface area contributed by atoms with Gasteiger partial charge in [0.05, 0.1) is 20.1 Å². The molecule has 2 aromatic rings. The minimum Gasteiger partial charge on any atom is -0.293 e. The Labute approximate surface area is 129 Å². The molecular formula is C20H28N+. The zero-order valence-corrected chi connectivity index (χ0v) is 14.1. The van der Waals surface area contributed by atoms with Crippen LogP contribution in [0.25, 0.3) is 10.8 Å². The Kier molecular flexibility index (Phi) is 3.57. The van der Waals surface area contributed by atoms with E-state index in [1.54, 1.807) is 5.56 Å². The molecule has 0 saturated carbocycles. The molecule has 0 amide bonds. The van der Waals surface area contributed by atoms with Crippen molar-refractivity contribution in [2.75, 3.05) is 14.1 Å². The van der Waals surface area contributed by atoms with Gasteiger partial charge in [0, 0.05) is 17.5 Å². The van der Waals surface area contributed by atoms with Gasteiger partial charge in [0.25, 0.3) is 0 Å². The van der Waals surface area contributed by atoms with Crippen molar-refractivity contribution in [2.24, 2.45) is 5.92 Å². The molecule has 0 bridgehead atoms. The Morgan fingerprint density at radius 3 is 2.48 bits per heavy atom. The van der Waals surface area contributed by atoms with Crippen molar-refractivity contribution in [1.29, 1.82) is 0 Å². The lowest BCUT2D eigenvalue weighted by Crippen LogP contribution is -2.46. The largest absolute Gasteiger partial charge is 0.293 e. The molecule has 0 aromatic heterocycles. The highest BCUT2D eigenvalue weighted by molar-refractivity contribution is 5.91. The molecule has 0 radical (unpaired) electrons. The van der Waals surface area contributed by atoms with E-state index in [1.165, 1.54) is 29.3 Å². The first-order chi connectivity index (χ1) is 9.93. The van der Waals surface area contributed by atoms with Crippen LogP contribution in [0.3, 0.4) is 0 Å². The summed E-state index contributed by atoms with van der Waals surface area (Å²) in [6, 6.07) is 14.2. The van der Waals surface area contributed by atoms with Gasteiger partial charge in [0.15, 0.2) is 0 Å². The van der Waals surface area contributed by atoms with Gasteiger partial charge in [-0.2, -0.15) is 0 Å². The maximum Gasteiger partial charge on any atom is 0.137 e. The van der Waals surface area contributed by atoms with Gasteiger partial charge >= 0.3 is 0 Å². The van der Waals surface area contributed by atoms with Crippen LogP contribution in [-0.2, 0) is 0 Å². The molecule has 3 rings (SSSR count). The second kappa shape index (κ2) is 5.14. The van der Waals surface area contributed by atoms with E-state index < -0.39 is 0 Å². The lowest BCUT2D eigenvalue weighted by Gasteiger charge is -2.31. The summed E-state index contributed by atoms with van der Waals surface area (Å²) in [5.74, 6) is 1.47. The van der Waals surface area contributed by atoms with Crippen LogP contribution in [0.5, 0.6) is 0 Å². The Balaban J connectivity index is 2.16. The van der Waals surface area contributed by atoms with E-state index in [4.69, 9.17) is 0 Å². The van der Waals surface area contributed by atoms with E-state index in [0.717, 1.165) is 10.4 Å². The maximum absolute atomic E-state index is 2.43. The number of hydrogen-bond acceptors (Lipinski definition) is 0. The molecule has 112 valence electrons. The van der Waals surface area contributed by atoms with Crippen LogP contribution in [-0.4, -0.2) is 20.1 Å². The van der Waals surface area contributed by atoms with Gasteiger partial charge < -0.3 is 0 Å². The fraction of sp³-hybridized carbons (Fsp3) is 0.500. The second-order valence-corrected chi connectivity index (χ2v) is 7.58. The third kappa shape index (κ3) is 2.28. The molecular weight excluding hydrogens is 254 g/mol. The number of benzene rings is 2. The zero-order valence-electron chi connectivity index (χ0n) is 14.1. The van der Waals surface area contributed by atoms with Gasteiger partial charge in [-0.15, -0.1) is 0 Å². The standard InChI is InChI=1S/C20H28N/c1-14(2)10-12-17-15(3)21(4,5)19-13-11-16-8-6-7-9-18(16)20(17)19/h6-9,11,13-15,17H,10,12H2,1-5H3/q+1. The highest BCUT2D eigenvalue weighted by Gasteiger charge is 2.45. The Morgan fingerprint density at radius 2 is 1.76 bits per heavy atom. The molecule has 1 aliphatic heterocycles. The zero-order chi connectivity index (χ0) is 15.2. The fourth-order valence-corrected chi connectivity index (χ4v) is 3.99. The lowest BCUT2D eigenvalue weighted by molar-refractivity contribution is 0.290. The Bertz CT molecular complexity index is 654. The van der Waals surface area contributed by atoms with Crippen LogP contribution < -0.4 is 4.48 Å². The predicted octanol–water partition coefficient (Wildman–Crippen LogP) is 5.33. The van der Waals surface area contributed by atoms with E-state index in [2.05, 4.69) is 71.3 Å². The van der Waals surface area contributed by atoms with Crippen LogP contribution >= 0.6 is 0 Å². The highest BCUT2D eigenvalue weighted by Crippen LogP contribution is 2.49. The summed E-state index contributed by atoms with van der Waals surface area (Å²) in [6.45, 7) is 7.10. The smallest absolute Gasteiger partial charge is 0.137 e. The lowest BCUT2D eigenvalue weighted by atomic mass is 9.86. The number of quaternary nitrogens is 1. The van der Waals surface area contributed by atoms with Crippen molar-refractivity contribution < 1.29 is 0 Å². The molecule has 1 aliphatic rings. The molecule has 0 aliphatic carbocycles. The van der Waals surface area contributed by atoms with Crippen LogP contribution in [0.1, 0.15) is 45.1 Å². The first-order valence-electron chi connectivity index (χ1n) is 8.28. The quantitative estimate of drug-likeness (QED) is 0.668. The van der Waals surface area contributed by atoms with Crippen molar-refractivity contribution in [3.05, 3.63) is 42.0 Å². The summed E-state index contributed by atoms with van der Waals surface area (Å²) in [5, 5.41) is 2.86. The maximum atomic E-state index is 2.43. The number of nitrogens with zero attached hydrogens (tertiary/aromatic N) is 1.